The van der Waals surface area contributed by atoms with E-state index in [0.29, 0.717) is 5.82 Å². The fourth-order valence-electron chi connectivity index (χ4n) is 3.61. The molecule has 3 aromatic rings. The molecule has 2 N–H and O–H groups in total. The molecule has 0 saturated heterocycles. The number of para-hydroxylation sites is 1. The Balaban J connectivity index is 1.52. The third-order valence-electron chi connectivity index (χ3n) is 5.21. The van der Waals surface area contributed by atoms with Crippen LogP contribution in [0.1, 0.15) is 35.0 Å². The lowest BCUT2D eigenvalue weighted by atomic mass is 10.1. The zero-order valence-corrected chi connectivity index (χ0v) is 16.9. The van der Waals surface area contributed by atoms with E-state index < -0.39 is 22.8 Å². The highest BCUT2D eigenvalue weighted by Crippen LogP contribution is 2.31. The number of hydrogen-bond donors (Lipinski definition) is 2. The summed E-state index contributed by atoms with van der Waals surface area (Å²) in [5.41, 5.74) is 2.73. The van der Waals surface area contributed by atoms with Gasteiger partial charge in [0.05, 0.1) is 16.3 Å². The van der Waals surface area contributed by atoms with Crippen LogP contribution in [0.4, 0.5) is 11.5 Å². The molecule has 9 nitrogen and oxygen atoms in total. The number of fused-ring (bicyclic) bond motifs is 1. The number of benzene rings is 2. The molecule has 1 aliphatic rings. The molecule has 0 radical (unpaired) electrons. The summed E-state index contributed by atoms with van der Waals surface area (Å²) in [5.74, 6) is -0.348. The molecule has 1 atom stereocenters. The monoisotopic (exact) mass is 419 g/mol. The summed E-state index contributed by atoms with van der Waals surface area (Å²) >= 11 is 0. The van der Waals surface area contributed by atoms with Crippen LogP contribution in [0.3, 0.4) is 0 Å². The van der Waals surface area contributed by atoms with E-state index >= 15 is 0 Å². The lowest BCUT2D eigenvalue weighted by Crippen LogP contribution is -2.42. The Morgan fingerprint density at radius 3 is 2.65 bits per heavy atom. The standard InChI is InChI=1S/C22H21N5O4/c1-14(23-22(29)15-7-5-10-17(13-15)27(30)31)21(28)24-20-18-11-6-12-19(18)25-26(20)16-8-3-2-4-9-16/h2-5,7-10,13-14H,6,11-12H2,1H3,(H,23,29)(H,24,28). The van der Waals surface area contributed by atoms with Gasteiger partial charge in [0.2, 0.25) is 5.91 Å². The summed E-state index contributed by atoms with van der Waals surface area (Å²) in [4.78, 5) is 35.7. The van der Waals surface area contributed by atoms with Crippen LogP contribution in [0, 0.1) is 10.1 Å². The summed E-state index contributed by atoms with van der Waals surface area (Å²) in [6.07, 6.45) is 2.67. The van der Waals surface area contributed by atoms with E-state index in [0.717, 1.165) is 36.2 Å². The van der Waals surface area contributed by atoms with Crippen LogP contribution in [0.5, 0.6) is 0 Å². The fourth-order valence-corrected chi connectivity index (χ4v) is 3.61. The SMILES string of the molecule is CC(NC(=O)c1cccc([N+](=O)[O-])c1)C(=O)Nc1c2c(nn1-c1ccccc1)CCC2. The van der Waals surface area contributed by atoms with Gasteiger partial charge in [-0.05, 0) is 44.4 Å². The maximum Gasteiger partial charge on any atom is 0.270 e. The second-order valence-electron chi connectivity index (χ2n) is 7.37. The quantitative estimate of drug-likeness (QED) is 0.470. The predicted octanol–water partition coefficient (Wildman–Crippen LogP) is 3.03. The first kappa shape index (κ1) is 20.3. The smallest absolute Gasteiger partial charge is 0.270 e. The normalized spacial score (nSPS) is 13.3. The van der Waals surface area contributed by atoms with E-state index in [1.165, 1.54) is 24.3 Å². The molecule has 0 fully saturated rings. The van der Waals surface area contributed by atoms with Crippen LogP contribution in [0.25, 0.3) is 5.69 Å². The van der Waals surface area contributed by atoms with Gasteiger partial charge in [-0.2, -0.15) is 5.10 Å². The Labute approximate surface area is 178 Å². The Morgan fingerprint density at radius 2 is 1.90 bits per heavy atom. The maximum absolute atomic E-state index is 12.9. The van der Waals surface area contributed by atoms with Gasteiger partial charge in [0.25, 0.3) is 11.6 Å². The van der Waals surface area contributed by atoms with E-state index in [4.69, 9.17) is 0 Å². The second kappa shape index (κ2) is 8.39. The first-order chi connectivity index (χ1) is 14.9. The lowest BCUT2D eigenvalue weighted by Gasteiger charge is -2.16. The third-order valence-corrected chi connectivity index (χ3v) is 5.21. The predicted molar refractivity (Wildman–Crippen MR) is 114 cm³/mol. The average Bonchev–Trinajstić information content (AvgIpc) is 3.37. The van der Waals surface area contributed by atoms with Gasteiger partial charge in [-0.3, -0.25) is 19.7 Å². The van der Waals surface area contributed by atoms with Crippen molar-refractivity contribution >= 4 is 23.3 Å². The summed E-state index contributed by atoms with van der Waals surface area (Å²) in [6.45, 7) is 1.56. The topological polar surface area (TPSA) is 119 Å². The Hall–Kier alpha value is -4.01. The summed E-state index contributed by atoms with van der Waals surface area (Å²) in [6, 6.07) is 14.0. The van der Waals surface area contributed by atoms with Gasteiger partial charge in [-0.1, -0.05) is 24.3 Å². The molecule has 0 spiro atoms. The van der Waals surface area contributed by atoms with Crippen molar-refractivity contribution in [3.63, 3.8) is 0 Å². The number of nitrogens with one attached hydrogen (secondary N) is 2. The second-order valence-corrected chi connectivity index (χ2v) is 7.37. The van der Waals surface area contributed by atoms with Crippen molar-refractivity contribution in [1.82, 2.24) is 15.1 Å². The Kier molecular flexibility index (Phi) is 5.48. The molecule has 1 unspecified atom stereocenters. The third kappa shape index (κ3) is 4.16. The number of nitro groups is 1. The largest absolute Gasteiger partial charge is 0.341 e. The molecule has 2 amide bonds. The highest BCUT2D eigenvalue weighted by atomic mass is 16.6. The van der Waals surface area contributed by atoms with Gasteiger partial charge in [-0.15, -0.1) is 0 Å². The van der Waals surface area contributed by atoms with Crippen molar-refractivity contribution in [3.05, 3.63) is 81.5 Å². The number of nitro benzene ring substituents is 1. The zero-order valence-electron chi connectivity index (χ0n) is 16.9. The molecule has 1 aliphatic carbocycles. The van der Waals surface area contributed by atoms with Gasteiger partial charge >= 0.3 is 0 Å². The first-order valence-corrected chi connectivity index (χ1v) is 9.96. The summed E-state index contributed by atoms with van der Waals surface area (Å²) < 4.78 is 1.72. The Morgan fingerprint density at radius 1 is 1.13 bits per heavy atom. The van der Waals surface area contributed by atoms with Crippen LogP contribution in [-0.2, 0) is 17.6 Å². The molecule has 0 aliphatic heterocycles. The van der Waals surface area contributed by atoms with Crippen LogP contribution < -0.4 is 10.6 Å². The van der Waals surface area contributed by atoms with Crippen molar-refractivity contribution < 1.29 is 14.5 Å². The van der Waals surface area contributed by atoms with E-state index in [1.54, 1.807) is 11.6 Å². The number of carbonyl (C=O) groups excluding carboxylic acids is 2. The van der Waals surface area contributed by atoms with Gasteiger partial charge in [0.15, 0.2) is 0 Å². The number of aryl methyl sites for hydroxylation is 1. The number of amides is 2. The van der Waals surface area contributed by atoms with Crippen molar-refractivity contribution in [2.45, 2.75) is 32.2 Å². The summed E-state index contributed by atoms with van der Waals surface area (Å²) in [5, 5.41) is 21.1. The minimum Gasteiger partial charge on any atom is -0.341 e. The van der Waals surface area contributed by atoms with Crippen molar-refractivity contribution in [1.29, 1.82) is 0 Å². The highest BCUT2D eigenvalue weighted by Gasteiger charge is 2.26. The van der Waals surface area contributed by atoms with Gasteiger partial charge in [-0.25, -0.2) is 4.68 Å². The first-order valence-electron chi connectivity index (χ1n) is 9.96. The van der Waals surface area contributed by atoms with E-state index in [2.05, 4.69) is 15.7 Å². The van der Waals surface area contributed by atoms with Crippen LogP contribution >= 0.6 is 0 Å². The number of nitrogens with zero attached hydrogens (tertiary/aromatic N) is 3. The summed E-state index contributed by atoms with van der Waals surface area (Å²) in [7, 11) is 0. The number of non-ortho nitro benzene ring substituents is 1. The minimum absolute atomic E-state index is 0.115. The Bertz CT molecular complexity index is 1160. The van der Waals surface area contributed by atoms with Crippen molar-refractivity contribution in [2.24, 2.45) is 0 Å². The fraction of sp³-hybridized carbons (Fsp3) is 0.227. The minimum atomic E-state index is -0.858. The number of aromatic nitrogens is 2. The number of hydrogen-bond acceptors (Lipinski definition) is 5. The molecule has 2 aromatic carbocycles. The molecule has 158 valence electrons. The molecular formula is C22H21N5O4. The number of rotatable bonds is 6. The van der Waals surface area contributed by atoms with Crippen molar-refractivity contribution in [2.75, 3.05) is 5.32 Å². The average molecular weight is 419 g/mol. The molecule has 31 heavy (non-hydrogen) atoms. The number of anilines is 1. The molecule has 0 bridgehead atoms. The zero-order chi connectivity index (χ0) is 22.0. The molecule has 9 heteroatoms. The van der Waals surface area contributed by atoms with Gasteiger partial charge in [0.1, 0.15) is 11.9 Å². The van der Waals surface area contributed by atoms with E-state index in [1.807, 2.05) is 30.3 Å². The van der Waals surface area contributed by atoms with Crippen LogP contribution in [0.15, 0.2) is 54.6 Å². The lowest BCUT2D eigenvalue weighted by molar-refractivity contribution is -0.384. The molecule has 4 rings (SSSR count). The molecule has 1 heterocycles. The highest BCUT2D eigenvalue weighted by molar-refractivity contribution is 6.01. The van der Waals surface area contributed by atoms with Crippen molar-refractivity contribution in [3.8, 4) is 5.69 Å². The maximum atomic E-state index is 12.9. The number of carbonyl (C=O) groups is 2. The molecule has 1 aromatic heterocycles. The van der Waals surface area contributed by atoms with E-state index in [-0.39, 0.29) is 11.3 Å². The van der Waals surface area contributed by atoms with Gasteiger partial charge in [0, 0.05) is 23.3 Å². The van der Waals surface area contributed by atoms with E-state index in [9.17, 15) is 19.7 Å². The van der Waals surface area contributed by atoms with Crippen LogP contribution in [-0.4, -0.2) is 32.6 Å². The molecule has 0 saturated carbocycles. The van der Waals surface area contributed by atoms with Gasteiger partial charge < -0.3 is 10.6 Å². The molecular weight excluding hydrogens is 398 g/mol. The van der Waals surface area contributed by atoms with Crippen LogP contribution in [0.2, 0.25) is 0 Å².